The molecule has 102 valence electrons. The predicted molar refractivity (Wildman–Crippen MR) is 77.0 cm³/mol. The molecule has 1 atom stereocenters. The number of nitrogens with two attached hydrogens (primary N) is 1. The molecule has 17 heavy (non-hydrogen) atoms. The van der Waals surface area contributed by atoms with Gasteiger partial charge in [0.25, 0.3) is 0 Å². The molecule has 0 fully saturated rings. The fourth-order valence-electron chi connectivity index (χ4n) is 1.54. The van der Waals surface area contributed by atoms with Crippen LogP contribution in [-0.2, 0) is 9.84 Å². The second kappa shape index (κ2) is 8.00. The van der Waals surface area contributed by atoms with Crippen LogP contribution in [0.4, 0.5) is 0 Å². The van der Waals surface area contributed by atoms with Gasteiger partial charge in [0.1, 0.15) is 0 Å². The van der Waals surface area contributed by atoms with Crippen LogP contribution in [0.3, 0.4) is 0 Å². The van der Waals surface area contributed by atoms with Gasteiger partial charge in [-0.25, -0.2) is 8.42 Å². The van der Waals surface area contributed by atoms with E-state index in [1.165, 1.54) is 0 Å². The first-order valence-electron chi connectivity index (χ1n) is 6.04. The lowest BCUT2D eigenvalue weighted by Crippen LogP contribution is -2.37. The lowest BCUT2D eigenvalue weighted by molar-refractivity contribution is 0.287. The Morgan fingerprint density at radius 2 is 1.94 bits per heavy atom. The predicted octanol–water partition coefficient (Wildman–Crippen LogP) is 1.06. The first-order valence-corrected chi connectivity index (χ1v) is 8.27. The molecule has 0 spiro atoms. The number of thiocarbonyl (C=S) groups is 1. The van der Waals surface area contributed by atoms with Gasteiger partial charge in [0.15, 0.2) is 9.84 Å². The fraction of sp³-hybridized carbons (Fsp3) is 0.909. The summed E-state index contributed by atoms with van der Waals surface area (Å²) in [7, 11) is -2.90. The van der Waals surface area contributed by atoms with Gasteiger partial charge in [0.2, 0.25) is 0 Å². The van der Waals surface area contributed by atoms with Gasteiger partial charge in [0, 0.05) is 24.8 Å². The van der Waals surface area contributed by atoms with E-state index < -0.39 is 9.84 Å². The van der Waals surface area contributed by atoms with Gasteiger partial charge in [-0.15, -0.1) is 0 Å². The quantitative estimate of drug-likeness (QED) is 0.640. The van der Waals surface area contributed by atoms with Crippen LogP contribution in [0.5, 0.6) is 0 Å². The normalized spacial score (nSPS) is 13.9. The number of hydrogen-bond acceptors (Lipinski definition) is 4. The van der Waals surface area contributed by atoms with Crippen LogP contribution in [0.2, 0.25) is 0 Å². The summed E-state index contributed by atoms with van der Waals surface area (Å²) in [6.07, 6.45) is 0.678. The van der Waals surface area contributed by atoms with Gasteiger partial charge in [-0.3, -0.25) is 0 Å². The SMILES string of the molecule is CCCS(=O)(=O)CCN(CC)CC(C)C(N)=S. The molecule has 6 heteroatoms. The molecular formula is C11H24N2O2S2. The van der Waals surface area contributed by atoms with Gasteiger partial charge < -0.3 is 10.6 Å². The smallest absolute Gasteiger partial charge is 0.151 e. The van der Waals surface area contributed by atoms with Gasteiger partial charge >= 0.3 is 0 Å². The standard InChI is InChI=1S/C11H24N2O2S2/c1-4-7-17(14,15)8-6-13(5-2)9-10(3)11(12)16/h10H,4-9H2,1-3H3,(H2,12,16). The summed E-state index contributed by atoms with van der Waals surface area (Å²) in [5.41, 5.74) is 5.56. The van der Waals surface area contributed by atoms with Crippen LogP contribution < -0.4 is 5.73 Å². The average Bonchev–Trinajstić information content (AvgIpc) is 2.23. The summed E-state index contributed by atoms with van der Waals surface area (Å²) >= 11 is 4.92. The fourth-order valence-corrected chi connectivity index (χ4v) is 2.97. The second-order valence-electron chi connectivity index (χ2n) is 4.35. The van der Waals surface area contributed by atoms with E-state index in [1.807, 2.05) is 20.8 Å². The third-order valence-electron chi connectivity index (χ3n) is 2.70. The van der Waals surface area contributed by atoms with Crippen LogP contribution in [-0.4, -0.2) is 49.4 Å². The molecule has 0 aliphatic carbocycles. The molecule has 1 unspecified atom stereocenters. The third-order valence-corrected chi connectivity index (χ3v) is 4.94. The molecule has 0 heterocycles. The summed E-state index contributed by atoms with van der Waals surface area (Å²) in [5, 5.41) is 0. The van der Waals surface area contributed by atoms with Gasteiger partial charge in [-0.2, -0.15) is 0 Å². The number of hydrogen-bond donors (Lipinski definition) is 1. The Hall–Kier alpha value is -0.200. The van der Waals surface area contributed by atoms with Crippen LogP contribution in [0.1, 0.15) is 27.2 Å². The third kappa shape index (κ3) is 7.68. The largest absolute Gasteiger partial charge is 0.393 e. The molecular weight excluding hydrogens is 256 g/mol. The second-order valence-corrected chi connectivity index (χ2v) is 7.12. The molecule has 0 aliphatic rings. The zero-order valence-electron chi connectivity index (χ0n) is 11.0. The monoisotopic (exact) mass is 280 g/mol. The maximum atomic E-state index is 11.6. The van der Waals surface area contributed by atoms with E-state index >= 15 is 0 Å². The van der Waals surface area contributed by atoms with E-state index in [2.05, 4.69) is 4.90 Å². The van der Waals surface area contributed by atoms with Crippen molar-refractivity contribution >= 4 is 27.0 Å². The van der Waals surface area contributed by atoms with Crippen molar-refractivity contribution in [3.63, 3.8) is 0 Å². The highest BCUT2D eigenvalue weighted by Crippen LogP contribution is 2.02. The Kier molecular flexibility index (Phi) is 7.91. The van der Waals surface area contributed by atoms with Crippen LogP contribution in [0.25, 0.3) is 0 Å². The lowest BCUT2D eigenvalue weighted by Gasteiger charge is -2.23. The Bertz CT molecular complexity index is 328. The molecule has 0 rings (SSSR count). The van der Waals surface area contributed by atoms with E-state index in [4.69, 9.17) is 18.0 Å². The van der Waals surface area contributed by atoms with Crippen molar-refractivity contribution in [3.8, 4) is 0 Å². The molecule has 2 N–H and O–H groups in total. The molecule has 0 aromatic heterocycles. The minimum Gasteiger partial charge on any atom is -0.393 e. The summed E-state index contributed by atoms with van der Waals surface area (Å²) < 4.78 is 23.2. The maximum Gasteiger partial charge on any atom is 0.151 e. The minimum atomic E-state index is -2.90. The van der Waals surface area contributed by atoms with Crippen molar-refractivity contribution in [1.82, 2.24) is 4.90 Å². The van der Waals surface area contributed by atoms with Crippen molar-refractivity contribution in [3.05, 3.63) is 0 Å². The molecule has 0 saturated heterocycles. The topological polar surface area (TPSA) is 63.4 Å². The zero-order chi connectivity index (χ0) is 13.5. The summed E-state index contributed by atoms with van der Waals surface area (Å²) in [6, 6.07) is 0. The molecule has 0 aromatic rings. The van der Waals surface area contributed by atoms with Crippen molar-refractivity contribution in [1.29, 1.82) is 0 Å². The molecule has 0 saturated carbocycles. The zero-order valence-corrected chi connectivity index (χ0v) is 12.6. The highest BCUT2D eigenvalue weighted by atomic mass is 32.2. The van der Waals surface area contributed by atoms with E-state index in [1.54, 1.807) is 0 Å². The van der Waals surface area contributed by atoms with E-state index in [9.17, 15) is 8.42 Å². The van der Waals surface area contributed by atoms with Crippen molar-refractivity contribution in [2.75, 3.05) is 31.1 Å². The van der Waals surface area contributed by atoms with Crippen molar-refractivity contribution in [2.45, 2.75) is 27.2 Å². The average molecular weight is 280 g/mol. The van der Waals surface area contributed by atoms with E-state index in [0.29, 0.717) is 18.0 Å². The van der Waals surface area contributed by atoms with Crippen LogP contribution >= 0.6 is 12.2 Å². The lowest BCUT2D eigenvalue weighted by atomic mass is 10.1. The Labute approximate surface area is 110 Å². The van der Waals surface area contributed by atoms with E-state index in [0.717, 1.165) is 13.1 Å². The van der Waals surface area contributed by atoms with E-state index in [-0.39, 0.29) is 17.4 Å². The Morgan fingerprint density at radius 1 is 1.35 bits per heavy atom. The summed E-state index contributed by atoms with van der Waals surface area (Å²) in [5.74, 6) is 0.618. The number of nitrogens with zero attached hydrogens (tertiary/aromatic N) is 1. The minimum absolute atomic E-state index is 0.124. The molecule has 4 nitrogen and oxygen atoms in total. The van der Waals surface area contributed by atoms with Gasteiger partial charge in [0.05, 0.1) is 10.7 Å². The molecule has 0 aromatic carbocycles. The summed E-state index contributed by atoms with van der Waals surface area (Å²) in [4.78, 5) is 2.57. The Balaban J connectivity index is 4.19. The number of sulfone groups is 1. The van der Waals surface area contributed by atoms with Gasteiger partial charge in [-0.1, -0.05) is 33.0 Å². The molecule has 0 aliphatic heterocycles. The highest BCUT2D eigenvalue weighted by Gasteiger charge is 2.15. The van der Waals surface area contributed by atoms with Crippen molar-refractivity contribution in [2.24, 2.45) is 11.7 Å². The molecule has 0 amide bonds. The number of rotatable bonds is 9. The molecule has 0 radical (unpaired) electrons. The first kappa shape index (κ1) is 16.8. The highest BCUT2D eigenvalue weighted by molar-refractivity contribution is 7.91. The molecule has 0 bridgehead atoms. The first-order chi connectivity index (χ1) is 7.82. The van der Waals surface area contributed by atoms with Crippen molar-refractivity contribution < 1.29 is 8.42 Å². The summed E-state index contributed by atoms with van der Waals surface area (Å²) in [6.45, 7) is 7.96. The van der Waals surface area contributed by atoms with Gasteiger partial charge in [-0.05, 0) is 13.0 Å². The maximum absolute atomic E-state index is 11.6. The Morgan fingerprint density at radius 3 is 2.35 bits per heavy atom. The van der Waals surface area contributed by atoms with Crippen LogP contribution in [0.15, 0.2) is 0 Å². The van der Waals surface area contributed by atoms with Crippen LogP contribution in [0, 0.1) is 5.92 Å².